The molecule has 3 aliphatic heterocycles. The molecule has 55 heavy (non-hydrogen) atoms. The van der Waals surface area contributed by atoms with Gasteiger partial charge in [0.1, 0.15) is 17.6 Å². The third-order valence-electron chi connectivity index (χ3n) is 10.0. The van der Waals surface area contributed by atoms with Gasteiger partial charge >= 0.3 is 12.2 Å². The highest BCUT2D eigenvalue weighted by Gasteiger charge is 2.50. The fourth-order valence-corrected chi connectivity index (χ4v) is 8.38. The number of rotatable bonds is 7. The van der Waals surface area contributed by atoms with Crippen molar-refractivity contribution in [3.8, 4) is 0 Å². The van der Waals surface area contributed by atoms with E-state index in [9.17, 15) is 41.6 Å². The average molecular weight is 785 g/mol. The number of carbonyl (C=O) groups excluding carboxylic acids is 6. The number of hydrogen-bond donors (Lipinski definition) is 3. The van der Waals surface area contributed by atoms with Crippen molar-refractivity contribution in [2.45, 2.75) is 108 Å². The van der Waals surface area contributed by atoms with Crippen molar-refractivity contribution < 1.29 is 51.0 Å². The molecule has 0 aromatic heterocycles. The number of allylic oxidation sites excluding steroid dienone is 3. The summed E-state index contributed by atoms with van der Waals surface area (Å²) in [5, 5.41) is 4.77. The molecule has 0 bridgehead atoms. The van der Waals surface area contributed by atoms with Gasteiger partial charge in [-0.1, -0.05) is 18.7 Å². The molecule has 296 valence electrons. The van der Waals surface area contributed by atoms with Gasteiger partial charge in [-0.05, 0) is 69.9 Å². The molecule has 1 saturated carbocycles. The first-order chi connectivity index (χ1) is 26.0. The Morgan fingerprint density at radius 2 is 1.84 bits per heavy atom. The van der Waals surface area contributed by atoms with E-state index in [4.69, 9.17) is 9.47 Å². The van der Waals surface area contributed by atoms with Gasteiger partial charge in [-0.2, -0.15) is 0 Å². The highest BCUT2D eigenvalue weighted by atomic mass is 32.2. The zero-order chi connectivity index (χ0) is 39.8. The number of benzene rings is 1. The molecule has 1 aromatic rings. The molecule has 3 heterocycles. The SMILES string of the molecule is C=CC(=O)C1CCN[C@@H](NC(=O)OC(C)(C)C)C(=O)CC[C@@H](OC(=O)N2Cc3cccc(F)c3C2)N2C(=O)C[C@H](C(=O)NS(=O)(=O)C3CC3)[C@H]2C=NC2=C1C2. The number of alkyl carbamates (subject to hydrolysis) is 1. The molecule has 6 rings (SSSR count). The highest BCUT2D eigenvalue weighted by Crippen LogP contribution is 2.41. The fraction of sp³-hybridized carbons (Fsp3) is 0.541. The van der Waals surface area contributed by atoms with Crippen molar-refractivity contribution in [3.05, 3.63) is 59.1 Å². The lowest BCUT2D eigenvalue weighted by Gasteiger charge is -2.33. The number of ether oxygens (including phenoxy) is 2. The van der Waals surface area contributed by atoms with Crippen molar-refractivity contribution in [1.82, 2.24) is 25.2 Å². The van der Waals surface area contributed by atoms with Gasteiger partial charge in [0, 0.05) is 55.6 Å². The van der Waals surface area contributed by atoms with Crippen molar-refractivity contribution in [1.29, 1.82) is 0 Å². The Morgan fingerprint density at radius 3 is 2.51 bits per heavy atom. The summed E-state index contributed by atoms with van der Waals surface area (Å²) < 4.78 is 53.6. The first-order valence-corrected chi connectivity index (χ1v) is 19.8. The van der Waals surface area contributed by atoms with Gasteiger partial charge in [0.25, 0.3) is 0 Å². The molecule has 1 saturated heterocycles. The smallest absolute Gasteiger partial charge is 0.412 e. The third-order valence-corrected chi connectivity index (χ3v) is 11.9. The van der Waals surface area contributed by atoms with Crippen molar-refractivity contribution >= 4 is 51.8 Å². The van der Waals surface area contributed by atoms with Crippen LogP contribution < -0.4 is 15.4 Å². The Morgan fingerprint density at radius 1 is 1.09 bits per heavy atom. The van der Waals surface area contributed by atoms with E-state index in [-0.39, 0.29) is 44.7 Å². The number of sulfonamides is 1. The van der Waals surface area contributed by atoms with Gasteiger partial charge in [-0.25, -0.2) is 22.4 Å². The van der Waals surface area contributed by atoms with Gasteiger partial charge < -0.3 is 9.47 Å². The molecule has 5 aliphatic rings. The molecular weight excluding hydrogens is 740 g/mol. The first kappa shape index (κ1) is 39.7. The lowest BCUT2D eigenvalue weighted by molar-refractivity contribution is -0.140. The van der Waals surface area contributed by atoms with Crippen LogP contribution in [0.4, 0.5) is 14.0 Å². The molecular formula is C37H45FN6O10S. The monoisotopic (exact) mass is 784 g/mol. The van der Waals surface area contributed by atoms with Crippen LogP contribution in [-0.4, -0.2) is 95.8 Å². The van der Waals surface area contributed by atoms with E-state index in [1.165, 1.54) is 29.3 Å². The molecule has 4 amide bonds. The van der Waals surface area contributed by atoms with Crippen LogP contribution in [0.3, 0.4) is 0 Å². The number of Topliss-reactive ketones (excluding diaryl/α,β-unsaturated/α-hetero) is 1. The Labute approximate surface area is 318 Å². The van der Waals surface area contributed by atoms with Crippen LogP contribution in [0.15, 0.2) is 47.1 Å². The predicted molar refractivity (Wildman–Crippen MR) is 194 cm³/mol. The number of amides is 4. The van der Waals surface area contributed by atoms with E-state index in [0.717, 1.165) is 4.90 Å². The maximum Gasteiger partial charge on any atom is 0.412 e. The minimum absolute atomic E-state index is 0.00774. The van der Waals surface area contributed by atoms with Gasteiger partial charge in [0.2, 0.25) is 21.8 Å². The van der Waals surface area contributed by atoms with Crippen LogP contribution >= 0.6 is 0 Å². The van der Waals surface area contributed by atoms with E-state index in [1.54, 1.807) is 26.8 Å². The third kappa shape index (κ3) is 9.29. The van der Waals surface area contributed by atoms with Crippen LogP contribution in [0.2, 0.25) is 0 Å². The standard InChI is InChI=1S/C37H45FN6O10S/c1-5-29(45)22-13-14-39-33(41-35(49)54-37(2,3)4)30(46)11-12-32(53-36(50)43-18-20-7-6-8-26(38)25(20)19-43)44-28(17-40-27-15-23(22)27)24(16-31(44)47)34(48)42-55(51,52)21-9-10-21/h5-8,17,21-22,24,28,32-33,39H,1,9-16,18-19H2,2-4H3,(H,41,49)(H,42,48)/t22?,24-,28+,32+,33-/m0/s1. The molecule has 1 aromatic carbocycles. The van der Waals surface area contributed by atoms with Crippen molar-refractivity contribution in [3.63, 3.8) is 0 Å². The highest BCUT2D eigenvalue weighted by molar-refractivity contribution is 7.90. The predicted octanol–water partition coefficient (Wildman–Crippen LogP) is 2.72. The molecule has 2 fully saturated rings. The minimum Gasteiger partial charge on any atom is -0.444 e. The number of nitrogens with zero attached hydrogens (tertiary/aromatic N) is 3. The Kier molecular flexibility index (Phi) is 11.3. The second kappa shape index (κ2) is 15.6. The Balaban J connectivity index is 1.35. The van der Waals surface area contributed by atoms with E-state index in [1.807, 2.05) is 0 Å². The van der Waals surface area contributed by atoms with E-state index < -0.39 is 93.2 Å². The second-order valence-electron chi connectivity index (χ2n) is 15.3. The average Bonchev–Trinajstić information content (AvgIpc) is 4.03. The summed E-state index contributed by atoms with van der Waals surface area (Å²) in [6, 6.07) is 3.21. The van der Waals surface area contributed by atoms with Crippen molar-refractivity contribution in [2.75, 3.05) is 6.54 Å². The van der Waals surface area contributed by atoms with Crippen LogP contribution in [0.25, 0.3) is 0 Å². The van der Waals surface area contributed by atoms with Gasteiger partial charge in [0.15, 0.2) is 17.8 Å². The van der Waals surface area contributed by atoms with Crippen LogP contribution in [-0.2, 0) is 51.8 Å². The summed E-state index contributed by atoms with van der Waals surface area (Å²) in [7, 11) is -4.01. The number of carbonyl (C=O) groups is 6. The quantitative estimate of drug-likeness (QED) is 0.343. The summed E-state index contributed by atoms with van der Waals surface area (Å²) in [6.45, 7) is 8.53. The first-order valence-electron chi connectivity index (χ1n) is 18.2. The fourth-order valence-electron chi connectivity index (χ4n) is 7.02. The Bertz CT molecular complexity index is 1970. The van der Waals surface area contributed by atoms with E-state index >= 15 is 0 Å². The lowest BCUT2D eigenvalue weighted by atomic mass is 9.96. The van der Waals surface area contributed by atoms with Crippen LogP contribution in [0, 0.1) is 17.7 Å². The Hall–Kier alpha value is -4.97. The number of hydrogen-bond acceptors (Lipinski definition) is 12. The number of aliphatic imine (C=N–C) groups is 1. The number of fused-ring (bicyclic) bond motifs is 2. The second-order valence-corrected chi connectivity index (χ2v) is 17.3. The van der Waals surface area contributed by atoms with Crippen LogP contribution in [0.1, 0.15) is 76.8 Å². The summed E-state index contributed by atoms with van der Waals surface area (Å²) in [6.07, 6.45) is -2.04. The van der Waals surface area contributed by atoms with Crippen molar-refractivity contribution in [2.24, 2.45) is 16.8 Å². The molecule has 0 radical (unpaired) electrons. The lowest BCUT2D eigenvalue weighted by Crippen LogP contribution is -2.53. The number of halogens is 1. The maximum absolute atomic E-state index is 14.6. The summed E-state index contributed by atoms with van der Waals surface area (Å²) >= 11 is 0. The summed E-state index contributed by atoms with van der Waals surface area (Å²) in [5.41, 5.74) is 1.14. The van der Waals surface area contributed by atoms with E-state index in [0.29, 0.717) is 41.7 Å². The number of ketones is 2. The largest absolute Gasteiger partial charge is 0.444 e. The summed E-state index contributed by atoms with van der Waals surface area (Å²) in [5.74, 6) is -4.99. The molecule has 16 nitrogen and oxygen atoms in total. The van der Waals surface area contributed by atoms with E-state index in [2.05, 4.69) is 26.9 Å². The molecule has 2 aliphatic carbocycles. The zero-order valence-corrected chi connectivity index (χ0v) is 31.7. The molecule has 1 unspecified atom stereocenters. The van der Waals surface area contributed by atoms with Gasteiger partial charge in [-0.3, -0.25) is 49.3 Å². The van der Waals surface area contributed by atoms with Gasteiger partial charge in [-0.15, -0.1) is 0 Å². The molecule has 18 heteroatoms. The molecule has 3 N–H and O–H groups in total. The topological polar surface area (TPSA) is 210 Å². The normalized spacial score (nSPS) is 25.9. The molecule has 0 spiro atoms. The number of nitrogens with one attached hydrogen (secondary N) is 3. The maximum atomic E-state index is 14.6. The summed E-state index contributed by atoms with van der Waals surface area (Å²) in [4.78, 5) is 87.8. The minimum atomic E-state index is -4.01. The van der Waals surface area contributed by atoms with Crippen LogP contribution in [0.5, 0.6) is 0 Å². The van der Waals surface area contributed by atoms with Gasteiger partial charge in [0.05, 0.1) is 23.8 Å². The molecule has 5 atom stereocenters. The zero-order valence-electron chi connectivity index (χ0n) is 30.8.